The van der Waals surface area contributed by atoms with Crippen LogP contribution in [0.3, 0.4) is 0 Å². The maximum absolute atomic E-state index is 5.32. The summed E-state index contributed by atoms with van der Waals surface area (Å²) in [7, 11) is 3.61. The summed E-state index contributed by atoms with van der Waals surface area (Å²) in [4.78, 5) is 0. The van der Waals surface area contributed by atoms with E-state index in [2.05, 4.69) is 32.2 Å². The van der Waals surface area contributed by atoms with Crippen molar-refractivity contribution in [1.29, 1.82) is 0 Å². The number of hydrogen-bond acceptors (Lipinski definition) is 4. The fourth-order valence-electron chi connectivity index (χ4n) is 1.41. The van der Waals surface area contributed by atoms with Crippen LogP contribution in [0.4, 0.5) is 0 Å². The monoisotopic (exact) mass is 313 g/mol. The lowest BCUT2D eigenvalue weighted by Crippen LogP contribution is -1.93. The molecule has 0 amide bonds. The van der Waals surface area contributed by atoms with Crippen molar-refractivity contribution in [2.24, 2.45) is 7.05 Å². The summed E-state index contributed by atoms with van der Waals surface area (Å²) in [6, 6.07) is 5.98. The van der Waals surface area contributed by atoms with E-state index < -0.39 is 0 Å². The van der Waals surface area contributed by atoms with E-state index in [0.717, 1.165) is 26.7 Å². The molecule has 2 aromatic rings. The van der Waals surface area contributed by atoms with Gasteiger partial charge in [0.25, 0.3) is 0 Å². The largest absolute Gasteiger partial charge is 0.496 e. The molecular weight excluding hydrogens is 302 g/mol. The highest BCUT2D eigenvalue weighted by Gasteiger charge is 2.07. The summed E-state index contributed by atoms with van der Waals surface area (Å²) < 4.78 is 8.27. The van der Waals surface area contributed by atoms with Gasteiger partial charge in [-0.05, 0) is 18.2 Å². The summed E-state index contributed by atoms with van der Waals surface area (Å²) >= 11 is 5.09. The van der Waals surface area contributed by atoms with Gasteiger partial charge in [-0.15, -0.1) is 10.2 Å². The number of aryl methyl sites for hydroxylation is 1. The van der Waals surface area contributed by atoms with Gasteiger partial charge in [-0.1, -0.05) is 27.7 Å². The van der Waals surface area contributed by atoms with Crippen LogP contribution in [-0.2, 0) is 12.8 Å². The second-order valence-electron chi connectivity index (χ2n) is 3.47. The third-order valence-corrected chi connectivity index (χ3v) is 3.85. The molecular formula is C11H12BrN3OS. The molecule has 0 aliphatic heterocycles. The Morgan fingerprint density at radius 3 is 2.94 bits per heavy atom. The lowest BCUT2D eigenvalue weighted by molar-refractivity contribution is 0.411. The van der Waals surface area contributed by atoms with Crippen molar-refractivity contribution in [2.75, 3.05) is 7.11 Å². The highest BCUT2D eigenvalue weighted by Crippen LogP contribution is 2.28. The van der Waals surface area contributed by atoms with Crippen LogP contribution < -0.4 is 4.74 Å². The van der Waals surface area contributed by atoms with E-state index in [0.29, 0.717) is 0 Å². The van der Waals surface area contributed by atoms with Gasteiger partial charge in [0, 0.05) is 22.8 Å². The van der Waals surface area contributed by atoms with Crippen molar-refractivity contribution in [3.8, 4) is 5.75 Å². The minimum Gasteiger partial charge on any atom is -0.496 e. The Kier molecular flexibility index (Phi) is 4.06. The molecule has 4 nitrogen and oxygen atoms in total. The van der Waals surface area contributed by atoms with Crippen LogP contribution in [0, 0.1) is 0 Å². The molecule has 0 radical (unpaired) electrons. The number of rotatable bonds is 4. The molecule has 2 rings (SSSR count). The minimum absolute atomic E-state index is 0.801. The molecule has 0 aliphatic carbocycles. The standard InChI is InChI=1S/C11H12BrN3OS/c1-15-7-13-14-11(15)17-6-8-5-9(12)3-4-10(8)16-2/h3-5,7H,6H2,1-2H3. The lowest BCUT2D eigenvalue weighted by atomic mass is 10.2. The first-order chi connectivity index (χ1) is 8.20. The van der Waals surface area contributed by atoms with Crippen LogP contribution in [0.1, 0.15) is 5.56 Å². The van der Waals surface area contributed by atoms with Crippen molar-refractivity contribution in [2.45, 2.75) is 10.9 Å². The van der Waals surface area contributed by atoms with Gasteiger partial charge in [0.2, 0.25) is 0 Å². The van der Waals surface area contributed by atoms with Crippen molar-refractivity contribution in [3.63, 3.8) is 0 Å². The van der Waals surface area contributed by atoms with Gasteiger partial charge in [-0.2, -0.15) is 0 Å². The van der Waals surface area contributed by atoms with Gasteiger partial charge in [-0.25, -0.2) is 0 Å². The van der Waals surface area contributed by atoms with Crippen molar-refractivity contribution < 1.29 is 4.74 Å². The second-order valence-corrected chi connectivity index (χ2v) is 5.33. The molecule has 0 saturated heterocycles. The first-order valence-corrected chi connectivity index (χ1v) is 6.78. The van der Waals surface area contributed by atoms with E-state index in [4.69, 9.17) is 4.74 Å². The highest BCUT2D eigenvalue weighted by molar-refractivity contribution is 9.10. The summed E-state index contributed by atoms with van der Waals surface area (Å²) in [5.41, 5.74) is 1.13. The fourth-order valence-corrected chi connectivity index (χ4v) is 2.68. The topological polar surface area (TPSA) is 39.9 Å². The van der Waals surface area contributed by atoms with Gasteiger partial charge in [0.15, 0.2) is 5.16 Å². The molecule has 0 fully saturated rings. The van der Waals surface area contributed by atoms with Gasteiger partial charge in [-0.3, -0.25) is 0 Å². The summed E-state index contributed by atoms with van der Waals surface area (Å²) in [5.74, 6) is 1.69. The highest BCUT2D eigenvalue weighted by atomic mass is 79.9. The quantitative estimate of drug-likeness (QED) is 0.814. The Morgan fingerprint density at radius 1 is 1.47 bits per heavy atom. The Labute approximate surface area is 113 Å². The number of ether oxygens (including phenoxy) is 1. The molecule has 6 heteroatoms. The van der Waals surface area contributed by atoms with E-state index >= 15 is 0 Å². The maximum Gasteiger partial charge on any atom is 0.191 e. The molecule has 0 bridgehead atoms. The summed E-state index contributed by atoms with van der Waals surface area (Å²) in [6.45, 7) is 0. The SMILES string of the molecule is COc1ccc(Br)cc1CSc1nncn1C. The lowest BCUT2D eigenvalue weighted by Gasteiger charge is -2.08. The third-order valence-electron chi connectivity index (χ3n) is 2.27. The van der Waals surface area contributed by atoms with Gasteiger partial charge < -0.3 is 9.30 Å². The zero-order chi connectivity index (χ0) is 12.3. The Morgan fingerprint density at radius 2 is 2.29 bits per heavy atom. The maximum atomic E-state index is 5.32. The molecule has 17 heavy (non-hydrogen) atoms. The molecule has 1 aromatic heterocycles. The van der Waals surface area contributed by atoms with Crippen molar-refractivity contribution in [1.82, 2.24) is 14.8 Å². The normalized spacial score (nSPS) is 10.5. The van der Waals surface area contributed by atoms with Crippen LogP contribution in [0.15, 0.2) is 34.2 Å². The Hall–Kier alpha value is -1.01. The van der Waals surface area contributed by atoms with Crippen LogP contribution >= 0.6 is 27.7 Å². The average Bonchev–Trinajstić information content (AvgIpc) is 2.72. The van der Waals surface area contributed by atoms with Crippen molar-refractivity contribution >= 4 is 27.7 Å². The van der Waals surface area contributed by atoms with E-state index in [-0.39, 0.29) is 0 Å². The van der Waals surface area contributed by atoms with Crippen LogP contribution in [0.25, 0.3) is 0 Å². The number of methoxy groups -OCH3 is 1. The number of hydrogen-bond donors (Lipinski definition) is 0. The van der Waals surface area contributed by atoms with E-state index in [1.807, 2.05) is 23.7 Å². The Balaban J connectivity index is 2.13. The van der Waals surface area contributed by atoms with Crippen LogP contribution in [0.2, 0.25) is 0 Å². The first kappa shape index (κ1) is 12.4. The van der Waals surface area contributed by atoms with Crippen LogP contribution in [-0.4, -0.2) is 21.9 Å². The van der Waals surface area contributed by atoms with E-state index in [1.165, 1.54) is 0 Å². The summed E-state index contributed by atoms with van der Waals surface area (Å²) in [5, 5.41) is 8.77. The zero-order valence-electron chi connectivity index (χ0n) is 9.55. The second kappa shape index (κ2) is 5.55. The molecule has 1 aromatic carbocycles. The molecule has 90 valence electrons. The molecule has 0 saturated carbocycles. The number of halogens is 1. The minimum atomic E-state index is 0.801. The average molecular weight is 314 g/mol. The number of thioether (sulfide) groups is 1. The molecule has 0 unspecified atom stereocenters. The molecule has 0 atom stereocenters. The number of benzene rings is 1. The summed E-state index contributed by atoms with van der Waals surface area (Å²) in [6.07, 6.45) is 1.69. The zero-order valence-corrected chi connectivity index (χ0v) is 12.0. The predicted octanol–water partition coefficient (Wildman–Crippen LogP) is 2.88. The predicted molar refractivity (Wildman–Crippen MR) is 71.3 cm³/mol. The third kappa shape index (κ3) is 3.01. The molecule has 0 spiro atoms. The number of nitrogens with zero attached hydrogens (tertiary/aromatic N) is 3. The van der Waals surface area contributed by atoms with E-state index in [1.54, 1.807) is 25.2 Å². The van der Waals surface area contributed by atoms with Gasteiger partial charge >= 0.3 is 0 Å². The Bertz CT molecular complexity index is 515. The molecule has 0 N–H and O–H groups in total. The first-order valence-electron chi connectivity index (χ1n) is 5.00. The molecule has 0 aliphatic rings. The fraction of sp³-hybridized carbons (Fsp3) is 0.273. The van der Waals surface area contributed by atoms with Gasteiger partial charge in [0.05, 0.1) is 7.11 Å². The van der Waals surface area contributed by atoms with E-state index in [9.17, 15) is 0 Å². The molecule has 1 heterocycles. The van der Waals surface area contributed by atoms with Gasteiger partial charge in [0.1, 0.15) is 12.1 Å². The van der Waals surface area contributed by atoms with Crippen LogP contribution in [0.5, 0.6) is 5.75 Å². The smallest absolute Gasteiger partial charge is 0.191 e. The van der Waals surface area contributed by atoms with Crippen molar-refractivity contribution in [3.05, 3.63) is 34.6 Å². The number of aromatic nitrogens is 3.